The van der Waals surface area contributed by atoms with Crippen molar-refractivity contribution < 1.29 is 5.11 Å². The van der Waals surface area contributed by atoms with Crippen LogP contribution in [0.4, 0.5) is 11.4 Å². The summed E-state index contributed by atoms with van der Waals surface area (Å²) in [6, 6.07) is 14.0. The van der Waals surface area contributed by atoms with Gasteiger partial charge in [-0.1, -0.05) is 15.9 Å². The number of H-pyrrole nitrogens is 1. The summed E-state index contributed by atoms with van der Waals surface area (Å²) < 4.78 is 0.978. The van der Waals surface area contributed by atoms with E-state index in [4.69, 9.17) is 5.41 Å². The number of benzene rings is 2. The van der Waals surface area contributed by atoms with Crippen LogP contribution in [0.5, 0.6) is 0 Å². The van der Waals surface area contributed by atoms with E-state index in [2.05, 4.69) is 42.9 Å². The van der Waals surface area contributed by atoms with Gasteiger partial charge in [-0.3, -0.25) is 5.41 Å². The second-order valence-electron chi connectivity index (χ2n) is 7.57. The van der Waals surface area contributed by atoms with Gasteiger partial charge < -0.3 is 19.9 Å². The minimum Gasteiger partial charge on any atom is -0.509 e. The number of amidine groups is 1. The third-order valence-electron chi connectivity index (χ3n) is 5.66. The van der Waals surface area contributed by atoms with Crippen LogP contribution in [0.15, 0.2) is 52.7 Å². The van der Waals surface area contributed by atoms with E-state index in [-0.39, 0.29) is 18.1 Å². The second kappa shape index (κ2) is 7.22. The van der Waals surface area contributed by atoms with Crippen molar-refractivity contribution in [3.63, 3.8) is 0 Å². The zero-order valence-corrected chi connectivity index (χ0v) is 17.5. The maximum absolute atomic E-state index is 10.6. The first kappa shape index (κ1) is 18.2. The van der Waals surface area contributed by atoms with Gasteiger partial charge in [0.2, 0.25) is 0 Å². The summed E-state index contributed by atoms with van der Waals surface area (Å²) in [5.74, 6) is 0.950. The molecule has 0 spiro atoms. The first-order valence-corrected chi connectivity index (χ1v) is 10.7. The summed E-state index contributed by atoms with van der Waals surface area (Å²) in [6.07, 6.45) is 3.77. The molecule has 0 unspecified atom stereocenters. The van der Waals surface area contributed by atoms with Crippen LogP contribution in [0, 0.1) is 5.41 Å². The van der Waals surface area contributed by atoms with Crippen LogP contribution < -0.4 is 9.80 Å². The van der Waals surface area contributed by atoms with Gasteiger partial charge in [0.05, 0.1) is 23.2 Å². The second-order valence-corrected chi connectivity index (χ2v) is 8.48. The van der Waals surface area contributed by atoms with Gasteiger partial charge >= 0.3 is 0 Å². The third-order valence-corrected chi connectivity index (χ3v) is 6.19. The lowest BCUT2D eigenvalue weighted by Gasteiger charge is -2.28. The molecule has 3 heterocycles. The molecule has 3 aromatic rings. The fourth-order valence-corrected chi connectivity index (χ4v) is 4.40. The molecule has 1 aromatic heterocycles. The molecule has 1 saturated heterocycles. The van der Waals surface area contributed by atoms with E-state index in [1.54, 1.807) is 4.90 Å². The first-order valence-electron chi connectivity index (χ1n) is 9.89. The average molecular weight is 452 g/mol. The van der Waals surface area contributed by atoms with Crippen molar-refractivity contribution in [3.8, 4) is 0 Å². The van der Waals surface area contributed by atoms with E-state index in [1.807, 2.05) is 30.3 Å². The Labute approximate surface area is 177 Å². The molecule has 0 aliphatic carbocycles. The lowest BCUT2D eigenvalue weighted by molar-refractivity contribution is 0.411. The molecule has 0 radical (unpaired) electrons. The smallest absolute Gasteiger partial charge is 0.145 e. The number of aliphatic hydroxyl groups is 1. The fraction of sp³-hybridized carbons (Fsp3) is 0.273. The molecule has 0 bridgehead atoms. The van der Waals surface area contributed by atoms with Crippen molar-refractivity contribution in [3.05, 3.63) is 58.5 Å². The normalized spacial score (nSPS) is 17.6. The molecule has 0 saturated carbocycles. The van der Waals surface area contributed by atoms with Crippen LogP contribution in [0.2, 0.25) is 0 Å². The molecule has 0 atom stereocenters. The Morgan fingerprint density at radius 2 is 1.72 bits per heavy atom. The van der Waals surface area contributed by atoms with Gasteiger partial charge in [0.1, 0.15) is 17.4 Å². The number of halogens is 1. The maximum Gasteiger partial charge on any atom is 0.145 e. The molecule has 2 aromatic carbocycles. The highest BCUT2D eigenvalue weighted by atomic mass is 79.9. The zero-order valence-electron chi connectivity index (χ0n) is 16.0. The Balaban J connectivity index is 1.45. The lowest BCUT2D eigenvalue weighted by Crippen LogP contribution is -2.29. The van der Waals surface area contributed by atoms with Crippen LogP contribution in [0.3, 0.4) is 0 Å². The van der Waals surface area contributed by atoms with Crippen LogP contribution >= 0.6 is 15.9 Å². The number of anilines is 2. The van der Waals surface area contributed by atoms with Gasteiger partial charge in [-0.2, -0.15) is 0 Å². The number of hydrogen-bond acceptors (Lipinski definition) is 4. The number of hydrogen-bond donors (Lipinski definition) is 3. The molecule has 0 amide bonds. The van der Waals surface area contributed by atoms with E-state index in [0.717, 1.165) is 34.3 Å². The average Bonchev–Trinajstić information content (AvgIpc) is 3.28. The largest absolute Gasteiger partial charge is 0.509 e. The standard InChI is InChI=1S/C22H22BrN5O/c23-14-4-6-15(7-5-14)28-13-19(29)20(21(28)24)22-25-17-9-8-16(12-18(17)26-22)27-10-2-1-3-11-27/h4-9,12,24,29H,1-3,10-11,13H2,(H,25,26). The molecule has 29 heavy (non-hydrogen) atoms. The van der Waals surface area contributed by atoms with Gasteiger partial charge in [0, 0.05) is 28.9 Å². The Kier molecular flexibility index (Phi) is 4.54. The lowest BCUT2D eigenvalue weighted by atomic mass is 10.1. The number of aliphatic hydroxyl groups excluding tert-OH is 1. The Bertz CT molecular complexity index is 1110. The molecule has 148 valence electrons. The number of piperidine rings is 1. The van der Waals surface area contributed by atoms with E-state index in [0.29, 0.717) is 11.4 Å². The highest BCUT2D eigenvalue weighted by molar-refractivity contribution is 9.10. The number of rotatable bonds is 3. The zero-order chi connectivity index (χ0) is 20.0. The van der Waals surface area contributed by atoms with Crippen molar-refractivity contribution in [1.82, 2.24) is 9.97 Å². The molecule has 1 fully saturated rings. The monoisotopic (exact) mass is 451 g/mol. The Morgan fingerprint density at radius 3 is 2.48 bits per heavy atom. The first-order chi connectivity index (χ1) is 14.1. The summed E-state index contributed by atoms with van der Waals surface area (Å²) in [6.45, 7) is 2.45. The van der Waals surface area contributed by atoms with Crippen molar-refractivity contribution in [1.29, 1.82) is 5.41 Å². The molecule has 2 aliphatic heterocycles. The minimum absolute atomic E-state index is 0.160. The molecule has 2 aliphatic rings. The quantitative estimate of drug-likeness (QED) is 0.518. The van der Waals surface area contributed by atoms with Crippen LogP contribution in [-0.4, -0.2) is 40.5 Å². The summed E-state index contributed by atoms with van der Waals surface area (Å²) in [4.78, 5) is 12.2. The van der Waals surface area contributed by atoms with Crippen LogP contribution in [-0.2, 0) is 0 Å². The predicted octanol–water partition coefficient (Wildman–Crippen LogP) is 5.08. The highest BCUT2D eigenvalue weighted by Gasteiger charge is 2.31. The SMILES string of the molecule is N=C1C(c2nc3ccc(N4CCCCC4)cc3[nH]2)=C(O)CN1c1ccc(Br)cc1. The predicted molar refractivity (Wildman–Crippen MR) is 121 cm³/mol. The Morgan fingerprint density at radius 1 is 1.00 bits per heavy atom. The summed E-state index contributed by atoms with van der Waals surface area (Å²) >= 11 is 3.43. The van der Waals surface area contributed by atoms with Gasteiger partial charge in [-0.25, -0.2) is 4.98 Å². The maximum atomic E-state index is 10.6. The molecule has 5 rings (SSSR count). The minimum atomic E-state index is 0.160. The summed E-state index contributed by atoms with van der Waals surface area (Å²) in [5, 5.41) is 19.2. The molecule has 3 N–H and O–H groups in total. The Hall–Kier alpha value is -2.80. The number of imidazole rings is 1. The van der Waals surface area contributed by atoms with Crippen LogP contribution in [0.1, 0.15) is 25.1 Å². The van der Waals surface area contributed by atoms with Crippen molar-refractivity contribution in [2.24, 2.45) is 0 Å². The van der Waals surface area contributed by atoms with E-state index >= 15 is 0 Å². The summed E-state index contributed by atoms with van der Waals surface area (Å²) in [5.41, 5.74) is 4.30. The number of aromatic nitrogens is 2. The van der Waals surface area contributed by atoms with Gasteiger partial charge in [-0.05, 0) is 61.7 Å². The fourth-order valence-electron chi connectivity index (χ4n) is 4.13. The van der Waals surface area contributed by atoms with Crippen molar-refractivity contribution in [2.45, 2.75) is 19.3 Å². The van der Waals surface area contributed by atoms with Gasteiger partial charge in [-0.15, -0.1) is 0 Å². The topological polar surface area (TPSA) is 79.2 Å². The number of nitrogens with zero attached hydrogens (tertiary/aromatic N) is 3. The van der Waals surface area contributed by atoms with Crippen molar-refractivity contribution >= 4 is 49.7 Å². The van der Waals surface area contributed by atoms with Crippen molar-refractivity contribution in [2.75, 3.05) is 29.4 Å². The number of nitrogens with one attached hydrogen (secondary N) is 2. The van der Waals surface area contributed by atoms with E-state index in [9.17, 15) is 5.11 Å². The molecule has 6 nitrogen and oxygen atoms in total. The van der Waals surface area contributed by atoms with E-state index < -0.39 is 0 Å². The number of fused-ring (bicyclic) bond motifs is 1. The molecular formula is C22H22BrN5O. The van der Waals surface area contributed by atoms with Gasteiger partial charge in [0.15, 0.2) is 0 Å². The van der Waals surface area contributed by atoms with Gasteiger partial charge in [0.25, 0.3) is 0 Å². The van der Waals surface area contributed by atoms with E-state index in [1.165, 1.54) is 24.9 Å². The molecular weight excluding hydrogens is 430 g/mol. The molecule has 7 heteroatoms. The highest BCUT2D eigenvalue weighted by Crippen LogP contribution is 2.32. The third kappa shape index (κ3) is 3.29. The number of aromatic amines is 1. The van der Waals surface area contributed by atoms with Crippen LogP contribution in [0.25, 0.3) is 16.6 Å². The summed E-state index contributed by atoms with van der Waals surface area (Å²) in [7, 11) is 0.